The van der Waals surface area contributed by atoms with E-state index in [0.29, 0.717) is 13.0 Å². The molecule has 1 amide bonds. The summed E-state index contributed by atoms with van der Waals surface area (Å²) >= 11 is 0. The zero-order valence-corrected chi connectivity index (χ0v) is 14.7. The molecule has 1 saturated heterocycles. The SMILES string of the molecule is Cn1c(NCc2ccc(N3CCCC3=O)cc2)c(C#N)c(=O)n(C)c1=O. The van der Waals surface area contributed by atoms with Crippen LogP contribution in [0, 0.1) is 11.3 Å². The molecule has 0 aliphatic carbocycles. The first-order valence-corrected chi connectivity index (χ1v) is 8.27. The van der Waals surface area contributed by atoms with Gasteiger partial charge < -0.3 is 10.2 Å². The third-order valence-electron chi connectivity index (χ3n) is 4.56. The number of nitriles is 1. The largest absolute Gasteiger partial charge is 0.366 e. The Morgan fingerprint density at radius 3 is 2.38 bits per heavy atom. The third kappa shape index (κ3) is 2.99. The van der Waals surface area contributed by atoms with Crippen molar-refractivity contribution in [3.05, 3.63) is 56.2 Å². The van der Waals surface area contributed by atoms with Gasteiger partial charge in [0.15, 0.2) is 5.56 Å². The normalized spacial score (nSPS) is 13.7. The maximum atomic E-state index is 12.1. The first-order chi connectivity index (χ1) is 12.4. The van der Waals surface area contributed by atoms with Gasteiger partial charge in [-0.3, -0.25) is 18.7 Å². The van der Waals surface area contributed by atoms with E-state index in [0.717, 1.165) is 28.8 Å². The van der Waals surface area contributed by atoms with Gasteiger partial charge in [-0.25, -0.2) is 4.79 Å². The molecule has 8 heteroatoms. The van der Waals surface area contributed by atoms with Crippen LogP contribution in [0.1, 0.15) is 24.0 Å². The Labute approximate surface area is 149 Å². The summed E-state index contributed by atoms with van der Waals surface area (Å²) < 4.78 is 2.16. The van der Waals surface area contributed by atoms with Crippen LogP contribution in [0.25, 0.3) is 0 Å². The lowest BCUT2D eigenvalue weighted by Gasteiger charge is -2.17. The minimum atomic E-state index is -0.624. The highest BCUT2D eigenvalue weighted by Crippen LogP contribution is 2.22. The second kappa shape index (κ2) is 6.88. The first kappa shape index (κ1) is 17.5. The molecular weight excluding hydrogens is 334 g/mol. The predicted octanol–water partition coefficient (Wildman–Crippen LogP) is 0.695. The van der Waals surface area contributed by atoms with E-state index in [1.54, 1.807) is 4.90 Å². The highest BCUT2D eigenvalue weighted by Gasteiger charge is 2.21. The molecule has 1 aliphatic rings. The van der Waals surface area contributed by atoms with E-state index >= 15 is 0 Å². The van der Waals surface area contributed by atoms with Gasteiger partial charge in [-0.15, -0.1) is 0 Å². The quantitative estimate of drug-likeness (QED) is 0.872. The molecule has 0 radical (unpaired) electrons. The predicted molar refractivity (Wildman–Crippen MR) is 97.0 cm³/mol. The number of nitrogens with zero attached hydrogens (tertiary/aromatic N) is 4. The molecule has 1 aromatic heterocycles. The molecule has 134 valence electrons. The third-order valence-corrected chi connectivity index (χ3v) is 4.56. The molecule has 3 rings (SSSR count). The van der Waals surface area contributed by atoms with Crippen molar-refractivity contribution in [2.75, 3.05) is 16.8 Å². The summed E-state index contributed by atoms with van der Waals surface area (Å²) in [6, 6.07) is 9.35. The summed E-state index contributed by atoms with van der Waals surface area (Å²) in [7, 11) is 2.85. The highest BCUT2D eigenvalue weighted by atomic mass is 16.2. The molecule has 0 spiro atoms. The fourth-order valence-corrected chi connectivity index (χ4v) is 3.05. The topological polar surface area (TPSA) is 100 Å². The van der Waals surface area contributed by atoms with Crippen LogP contribution < -0.4 is 21.5 Å². The lowest BCUT2D eigenvalue weighted by atomic mass is 10.2. The Hall–Kier alpha value is -3.34. The molecule has 8 nitrogen and oxygen atoms in total. The van der Waals surface area contributed by atoms with Gasteiger partial charge in [0, 0.05) is 39.3 Å². The first-order valence-electron chi connectivity index (χ1n) is 8.27. The van der Waals surface area contributed by atoms with E-state index in [1.165, 1.54) is 18.7 Å². The van der Waals surface area contributed by atoms with Crippen molar-refractivity contribution in [3.8, 4) is 6.07 Å². The summed E-state index contributed by atoms with van der Waals surface area (Å²) in [6.45, 7) is 1.07. The molecule has 0 atom stereocenters. The second-order valence-electron chi connectivity index (χ2n) is 6.21. The molecule has 1 fully saturated rings. The maximum Gasteiger partial charge on any atom is 0.332 e. The van der Waals surface area contributed by atoms with Crippen LogP contribution in [-0.4, -0.2) is 21.6 Å². The molecule has 2 aromatic rings. The molecule has 1 N–H and O–H groups in total. The zero-order valence-electron chi connectivity index (χ0n) is 14.7. The van der Waals surface area contributed by atoms with E-state index in [-0.39, 0.29) is 17.3 Å². The molecular formula is C18H19N5O3. The number of carbonyl (C=O) groups excluding carboxylic acids is 1. The number of aromatic nitrogens is 2. The Kier molecular flexibility index (Phi) is 4.63. The van der Waals surface area contributed by atoms with Crippen molar-refractivity contribution < 1.29 is 4.79 Å². The number of hydrogen-bond donors (Lipinski definition) is 1. The average Bonchev–Trinajstić information content (AvgIpc) is 3.08. The maximum absolute atomic E-state index is 12.1. The number of amides is 1. The number of anilines is 2. The van der Waals surface area contributed by atoms with Gasteiger partial charge in [-0.1, -0.05) is 12.1 Å². The molecule has 26 heavy (non-hydrogen) atoms. The Bertz CT molecular complexity index is 1010. The van der Waals surface area contributed by atoms with Crippen molar-refractivity contribution in [1.82, 2.24) is 9.13 Å². The lowest BCUT2D eigenvalue weighted by Crippen LogP contribution is -2.39. The molecule has 2 heterocycles. The highest BCUT2D eigenvalue weighted by molar-refractivity contribution is 5.95. The van der Waals surface area contributed by atoms with Crippen LogP contribution in [-0.2, 0) is 25.4 Å². The molecule has 1 aromatic carbocycles. The van der Waals surface area contributed by atoms with Gasteiger partial charge >= 0.3 is 5.69 Å². The van der Waals surface area contributed by atoms with Crippen LogP contribution >= 0.6 is 0 Å². The molecule has 0 bridgehead atoms. The summed E-state index contributed by atoms with van der Waals surface area (Å²) in [4.78, 5) is 37.7. The smallest absolute Gasteiger partial charge is 0.332 e. The van der Waals surface area contributed by atoms with Gasteiger partial charge in [0.1, 0.15) is 11.9 Å². The fraction of sp³-hybridized carbons (Fsp3) is 0.333. The van der Waals surface area contributed by atoms with Gasteiger partial charge in [0.2, 0.25) is 5.91 Å². The zero-order chi connectivity index (χ0) is 18.8. The van der Waals surface area contributed by atoms with Crippen LogP contribution in [0.5, 0.6) is 0 Å². The number of rotatable bonds is 4. The monoisotopic (exact) mass is 353 g/mol. The van der Waals surface area contributed by atoms with Crippen LogP contribution in [0.3, 0.4) is 0 Å². The summed E-state index contributed by atoms with van der Waals surface area (Å²) in [5, 5.41) is 12.3. The Morgan fingerprint density at radius 1 is 1.12 bits per heavy atom. The van der Waals surface area contributed by atoms with Gasteiger partial charge in [0.05, 0.1) is 0 Å². The van der Waals surface area contributed by atoms with E-state index in [1.807, 2.05) is 30.3 Å². The molecule has 0 unspecified atom stereocenters. The summed E-state index contributed by atoms with van der Waals surface area (Å²) in [5.74, 6) is 0.323. The van der Waals surface area contributed by atoms with E-state index in [4.69, 9.17) is 0 Å². The van der Waals surface area contributed by atoms with E-state index < -0.39 is 11.2 Å². The lowest BCUT2D eigenvalue weighted by molar-refractivity contribution is -0.117. The average molecular weight is 353 g/mol. The fourth-order valence-electron chi connectivity index (χ4n) is 3.05. The van der Waals surface area contributed by atoms with Crippen LogP contribution in [0.15, 0.2) is 33.9 Å². The van der Waals surface area contributed by atoms with Crippen molar-refractivity contribution in [1.29, 1.82) is 5.26 Å². The minimum absolute atomic E-state index is 0.103. The van der Waals surface area contributed by atoms with Crippen LogP contribution in [0.2, 0.25) is 0 Å². The number of nitrogens with one attached hydrogen (secondary N) is 1. The summed E-state index contributed by atoms with van der Waals surface area (Å²) in [5.41, 5.74) is 0.529. The standard InChI is InChI=1S/C18H19N5O3/c1-21-16(14(10-19)17(25)22(2)18(21)26)20-11-12-5-7-13(8-6-12)23-9-3-4-15(23)24/h5-8,20H,3-4,9,11H2,1-2H3. The Morgan fingerprint density at radius 2 is 1.81 bits per heavy atom. The van der Waals surface area contributed by atoms with Gasteiger partial charge in [0.25, 0.3) is 5.56 Å². The summed E-state index contributed by atoms with van der Waals surface area (Å²) in [6.07, 6.45) is 1.45. The van der Waals surface area contributed by atoms with E-state index in [9.17, 15) is 19.6 Å². The van der Waals surface area contributed by atoms with Gasteiger partial charge in [-0.05, 0) is 24.1 Å². The minimum Gasteiger partial charge on any atom is -0.366 e. The van der Waals surface area contributed by atoms with Crippen molar-refractivity contribution >= 4 is 17.4 Å². The van der Waals surface area contributed by atoms with Crippen molar-refractivity contribution in [3.63, 3.8) is 0 Å². The van der Waals surface area contributed by atoms with Crippen molar-refractivity contribution in [2.45, 2.75) is 19.4 Å². The second-order valence-corrected chi connectivity index (χ2v) is 6.21. The Balaban J connectivity index is 1.82. The molecule has 0 saturated carbocycles. The number of hydrogen-bond acceptors (Lipinski definition) is 5. The molecule has 1 aliphatic heterocycles. The van der Waals surface area contributed by atoms with Crippen LogP contribution in [0.4, 0.5) is 11.5 Å². The van der Waals surface area contributed by atoms with Gasteiger partial charge in [-0.2, -0.15) is 5.26 Å². The van der Waals surface area contributed by atoms with Crippen molar-refractivity contribution in [2.24, 2.45) is 14.1 Å². The number of carbonyl (C=O) groups is 1. The van der Waals surface area contributed by atoms with E-state index in [2.05, 4.69) is 5.32 Å². The number of benzene rings is 1.